The first-order valence-electron chi connectivity index (χ1n) is 5.62. The van der Waals surface area contributed by atoms with Crippen LogP contribution in [-0.2, 0) is 4.79 Å². The highest BCUT2D eigenvalue weighted by molar-refractivity contribution is 5.83. The molecule has 0 fully saturated rings. The van der Waals surface area contributed by atoms with Gasteiger partial charge in [0, 0.05) is 5.39 Å². The Morgan fingerprint density at radius 2 is 2.06 bits per heavy atom. The molecule has 1 unspecified atom stereocenters. The standard InChI is InChI=1S/C13H15NO3/c1-7(2)12-10-5-4-9(8(3)13(15)16)6-11(10)17-14-12/h4-8H,1-3H3,(H,15,16). The largest absolute Gasteiger partial charge is 0.481 e. The maximum Gasteiger partial charge on any atom is 0.310 e. The van der Waals surface area contributed by atoms with Crippen molar-refractivity contribution in [3.63, 3.8) is 0 Å². The van der Waals surface area contributed by atoms with Crippen molar-refractivity contribution in [2.24, 2.45) is 0 Å². The molecule has 1 aromatic carbocycles. The second kappa shape index (κ2) is 4.20. The third kappa shape index (κ3) is 2.02. The van der Waals surface area contributed by atoms with Crippen LogP contribution in [0.15, 0.2) is 22.7 Å². The summed E-state index contributed by atoms with van der Waals surface area (Å²) in [5, 5.41) is 13.9. The van der Waals surface area contributed by atoms with Crippen LogP contribution >= 0.6 is 0 Å². The van der Waals surface area contributed by atoms with Crippen LogP contribution in [0.1, 0.15) is 43.9 Å². The normalized spacial score (nSPS) is 13.2. The Kier molecular flexibility index (Phi) is 2.88. The molecule has 1 aromatic heterocycles. The second-order valence-corrected chi connectivity index (χ2v) is 4.54. The number of aliphatic carboxylic acids is 1. The van der Waals surface area contributed by atoms with E-state index in [4.69, 9.17) is 9.63 Å². The monoisotopic (exact) mass is 233 g/mol. The van der Waals surface area contributed by atoms with Gasteiger partial charge in [-0.3, -0.25) is 4.79 Å². The average molecular weight is 233 g/mol. The van der Waals surface area contributed by atoms with Crippen molar-refractivity contribution in [2.45, 2.75) is 32.6 Å². The molecule has 4 nitrogen and oxygen atoms in total. The Labute approximate surface area is 99.2 Å². The molecule has 1 atom stereocenters. The number of aromatic nitrogens is 1. The van der Waals surface area contributed by atoms with Crippen LogP contribution in [0.25, 0.3) is 11.0 Å². The molecule has 2 rings (SSSR count). The van der Waals surface area contributed by atoms with Crippen molar-refractivity contribution >= 4 is 16.9 Å². The lowest BCUT2D eigenvalue weighted by molar-refractivity contribution is -0.138. The molecular formula is C13H15NO3. The van der Waals surface area contributed by atoms with E-state index in [2.05, 4.69) is 5.16 Å². The average Bonchev–Trinajstić information content (AvgIpc) is 2.70. The number of carboxylic acids is 1. The van der Waals surface area contributed by atoms with E-state index in [1.807, 2.05) is 26.0 Å². The molecule has 0 bridgehead atoms. The lowest BCUT2D eigenvalue weighted by Gasteiger charge is -2.05. The molecule has 17 heavy (non-hydrogen) atoms. The van der Waals surface area contributed by atoms with Gasteiger partial charge in [-0.05, 0) is 30.5 Å². The lowest BCUT2D eigenvalue weighted by atomic mass is 9.98. The van der Waals surface area contributed by atoms with Crippen LogP contribution < -0.4 is 0 Å². The van der Waals surface area contributed by atoms with E-state index in [-0.39, 0.29) is 0 Å². The van der Waals surface area contributed by atoms with Crippen molar-refractivity contribution in [2.75, 3.05) is 0 Å². The molecule has 2 aromatic rings. The molecule has 0 amide bonds. The van der Waals surface area contributed by atoms with Gasteiger partial charge in [-0.2, -0.15) is 0 Å². The minimum absolute atomic E-state index is 0.291. The summed E-state index contributed by atoms with van der Waals surface area (Å²) in [7, 11) is 0. The summed E-state index contributed by atoms with van der Waals surface area (Å²) >= 11 is 0. The number of hydrogen-bond donors (Lipinski definition) is 1. The number of hydrogen-bond acceptors (Lipinski definition) is 3. The fraction of sp³-hybridized carbons (Fsp3) is 0.385. The zero-order chi connectivity index (χ0) is 12.6. The summed E-state index contributed by atoms with van der Waals surface area (Å²) in [6.45, 7) is 5.75. The van der Waals surface area contributed by atoms with E-state index in [1.54, 1.807) is 13.0 Å². The molecule has 0 aliphatic carbocycles. The first-order valence-corrected chi connectivity index (χ1v) is 5.62. The molecular weight excluding hydrogens is 218 g/mol. The molecule has 0 radical (unpaired) electrons. The highest BCUT2D eigenvalue weighted by Gasteiger charge is 2.17. The molecule has 0 spiro atoms. The van der Waals surface area contributed by atoms with Gasteiger partial charge in [-0.25, -0.2) is 0 Å². The van der Waals surface area contributed by atoms with Crippen LogP contribution in [0.5, 0.6) is 0 Å². The topological polar surface area (TPSA) is 63.3 Å². The lowest BCUT2D eigenvalue weighted by Crippen LogP contribution is -2.06. The summed E-state index contributed by atoms with van der Waals surface area (Å²) in [5.74, 6) is -1.08. The Morgan fingerprint density at radius 3 is 2.65 bits per heavy atom. The summed E-state index contributed by atoms with van der Waals surface area (Å²) in [5.41, 5.74) is 2.30. The van der Waals surface area contributed by atoms with Gasteiger partial charge >= 0.3 is 5.97 Å². The highest BCUT2D eigenvalue weighted by atomic mass is 16.5. The van der Waals surface area contributed by atoms with Crippen LogP contribution in [0.3, 0.4) is 0 Å². The fourth-order valence-corrected chi connectivity index (χ4v) is 1.80. The van der Waals surface area contributed by atoms with Gasteiger partial charge in [0.1, 0.15) is 0 Å². The molecule has 1 N–H and O–H groups in total. The molecule has 0 saturated heterocycles. The van der Waals surface area contributed by atoms with Crippen molar-refractivity contribution in [3.8, 4) is 0 Å². The van der Waals surface area contributed by atoms with E-state index in [0.29, 0.717) is 11.5 Å². The molecule has 0 aliphatic rings. The third-order valence-corrected chi connectivity index (χ3v) is 2.94. The maximum absolute atomic E-state index is 10.9. The van der Waals surface area contributed by atoms with E-state index in [9.17, 15) is 4.79 Å². The number of benzene rings is 1. The second-order valence-electron chi connectivity index (χ2n) is 4.54. The summed E-state index contributed by atoms with van der Waals surface area (Å²) in [4.78, 5) is 10.9. The minimum Gasteiger partial charge on any atom is -0.481 e. The fourth-order valence-electron chi connectivity index (χ4n) is 1.80. The highest BCUT2D eigenvalue weighted by Crippen LogP contribution is 2.27. The molecule has 0 saturated carbocycles. The molecule has 1 heterocycles. The first-order chi connectivity index (χ1) is 8.00. The quantitative estimate of drug-likeness (QED) is 0.884. The van der Waals surface area contributed by atoms with Crippen LogP contribution in [0, 0.1) is 0 Å². The first kappa shape index (κ1) is 11.6. The van der Waals surface area contributed by atoms with Gasteiger partial charge in [0.15, 0.2) is 5.58 Å². The van der Waals surface area contributed by atoms with Gasteiger partial charge in [0.25, 0.3) is 0 Å². The number of nitrogens with zero attached hydrogens (tertiary/aromatic N) is 1. The van der Waals surface area contributed by atoms with Gasteiger partial charge < -0.3 is 9.63 Å². The van der Waals surface area contributed by atoms with Gasteiger partial charge in [-0.15, -0.1) is 0 Å². The van der Waals surface area contributed by atoms with Crippen LogP contribution in [0.2, 0.25) is 0 Å². The number of rotatable bonds is 3. The predicted molar refractivity (Wildman–Crippen MR) is 64.1 cm³/mol. The Hall–Kier alpha value is -1.84. The molecule has 0 aliphatic heterocycles. The van der Waals surface area contributed by atoms with E-state index >= 15 is 0 Å². The molecule has 90 valence electrons. The van der Waals surface area contributed by atoms with Crippen LogP contribution in [-0.4, -0.2) is 16.2 Å². The van der Waals surface area contributed by atoms with Gasteiger partial charge in [0.05, 0.1) is 11.6 Å². The zero-order valence-electron chi connectivity index (χ0n) is 10.1. The summed E-state index contributed by atoms with van der Waals surface area (Å²) in [6.07, 6.45) is 0. The summed E-state index contributed by atoms with van der Waals surface area (Å²) in [6, 6.07) is 5.47. The van der Waals surface area contributed by atoms with Crippen molar-refractivity contribution in [1.29, 1.82) is 0 Å². The van der Waals surface area contributed by atoms with Gasteiger partial charge in [-0.1, -0.05) is 25.1 Å². The Bertz CT molecular complexity index is 557. The Morgan fingerprint density at radius 1 is 1.35 bits per heavy atom. The zero-order valence-corrected chi connectivity index (χ0v) is 10.1. The SMILES string of the molecule is CC(C)c1noc2cc(C(C)C(=O)O)ccc12. The maximum atomic E-state index is 10.9. The number of carbonyl (C=O) groups is 1. The Balaban J connectivity index is 2.49. The van der Waals surface area contributed by atoms with Gasteiger partial charge in [0.2, 0.25) is 0 Å². The smallest absolute Gasteiger partial charge is 0.310 e. The molecule has 4 heteroatoms. The van der Waals surface area contributed by atoms with Crippen LogP contribution in [0.4, 0.5) is 0 Å². The van der Waals surface area contributed by atoms with E-state index in [0.717, 1.165) is 16.6 Å². The summed E-state index contributed by atoms with van der Waals surface area (Å²) < 4.78 is 5.24. The van der Waals surface area contributed by atoms with E-state index in [1.165, 1.54) is 0 Å². The van der Waals surface area contributed by atoms with Crippen molar-refractivity contribution < 1.29 is 14.4 Å². The number of fused-ring (bicyclic) bond motifs is 1. The van der Waals surface area contributed by atoms with Crippen molar-refractivity contribution in [3.05, 3.63) is 29.5 Å². The van der Waals surface area contributed by atoms with Crippen molar-refractivity contribution in [1.82, 2.24) is 5.16 Å². The third-order valence-electron chi connectivity index (χ3n) is 2.94. The number of carboxylic acid groups (broad SMARTS) is 1. The van der Waals surface area contributed by atoms with E-state index < -0.39 is 11.9 Å². The minimum atomic E-state index is -0.840. The predicted octanol–water partition coefficient (Wildman–Crippen LogP) is 3.14.